The third-order valence-electron chi connectivity index (χ3n) is 4.23. The second kappa shape index (κ2) is 3.44. The van der Waals surface area contributed by atoms with Crippen LogP contribution in [0.15, 0.2) is 48.5 Å². The lowest BCUT2D eigenvalue weighted by atomic mass is 9.76. The van der Waals surface area contributed by atoms with E-state index in [1.165, 1.54) is 22.3 Å². The van der Waals surface area contributed by atoms with E-state index in [1.807, 2.05) is 0 Å². The molecule has 2 N–H and O–H groups in total. The zero-order chi connectivity index (χ0) is 12.2. The summed E-state index contributed by atoms with van der Waals surface area (Å²) in [5, 5.41) is 13.9. The summed E-state index contributed by atoms with van der Waals surface area (Å²) in [4.78, 5) is 0. The van der Waals surface area contributed by atoms with Crippen LogP contribution in [0, 0.1) is 0 Å². The number of hydrogen-bond donors (Lipinski definition) is 2. The second-order valence-electron chi connectivity index (χ2n) is 5.31. The molecule has 0 unspecified atom stereocenters. The molecule has 0 atom stereocenters. The Morgan fingerprint density at radius 1 is 0.889 bits per heavy atom. The van der Waals surface area contributed by atoms with Gasteiger partial charge in [0.25, 0.3) is 0 Å². The van der Waals surface area contributed by atoms with Gasteiger partial charge in [-0.2, -0.15) is 0 Å². The highest BCUT2D eigenvalue weighted by Crippen LogP contribution is 2.50. The summed E-state index contributed by atoms with van der Waals surface area (Å²) in [6.07, 6.45) is 0. The van der Waals surface area contributed by atoms with Crippen LogP contribution in [0.5, 0.6) is 0 Å². The third kappa shape index (κ3) is 1.19. The average molecular weight is 237 g/mol. The van der Waals surface area contributed by atoms with Crippen LogP contribution in [0.3, 0.4) is 0 Å². The summed E-state index contributed by atoms with van der Waals surface area (Å²) in [5.74, 6) is 0.117. The molecule has 0 radical (unpaired) electrons. The fraction of sp³-hybridized carbons (Fsp3) is 0.250. The van der Waals surface area contributed by atoms with E-state index in [4.69, 9.17) is 0 Å². The Balaban J connectivity index is 1.98. The molecule has 1 heterocycles. The first-order valence-electron chi connectivity index (χ1n) is 6.41. The quantitative estimate of drug-likeness (QED) is 0.796. The van der Waals surface area contributed by atoms with Crippen molar-refractivity contribution in [2.24, 2.45) is 0 Å². The van der Waals surface area contributed by atoms with E-state index < -0.39 is 5.60 Å². The van der Waals surface area contributed by atoms with E-state index in [0.29, 0.717) is 13.1 Å². The van der Waals surface area contributed by atoms with E-state index in [1.54, 1.807) is 0 Å². The van der Waals surface area contributed by atoms with Crippen LogP contribution in [-0.2, 0) is 0 Å². The van der Waals surface area contributed by atoms with Gasteiger partial charge in [-0.05, 0) is 22.3 Å². The van der Waals surface area contributed by atoms with Gasteiger partial charge >= 0.3 is 0 Å². The lowest BCUT2D eigenvalue weighted by Crippen LogP contribution is -2.62. The number of rotatable bonds is 1. The van der Waals surface area contributed by atoms with Crippen LogP contribution >= 0.6 is 0 Å². The molecule has 1 saturated heterocycles. The van der Waals surface area contributed by atoms with Gasteiger partial charge < -0.3 is 10.4 Å². The fourth-order valence-electron chi connectivity index (χ4n) is 3.32. The standard InChI is InChI=1S/C16H15NO/c18-16(9-17-10-16)15-13-7-3-1-5-11(13)12-6-2-4-8-14(12)15/h1-8,15,17-18H,9-10H2. The van der Waals surface area contributed by atoms with Gasteiger partial charge in [0.1, 0.15) is 5.60 Å². The van der Waals surface area contributed by atoms with Gasteiger partial charge in [-0.3, -0.25) is 0 Å². The molecule has 0 spiro atoms. The Morgan fingerprint density at radius 3 is 1.83 bits per heavy atom. The molecule has 1 aliphatic carbocycles. The molecule has 1 aliphatic heterocycles. The van der Waals surface area contributed by atoms with Crippen molar-refractivity contribution in [1.29, 1.82) is 0 Å². The highest BCUT2D eigenvalue weighted by Gasteiger charge is 2.47. The van der Waals surface area contributed by atoms with Gasteiger partial charge in [0.05, 0.1) is 0 Å². The highest BCUT2D eigenvalue weighted by molar-refractivity contribution is 5.79. The van der Waals surface area contributed by atoms with Crippen molar-refractivity contribution in [2.45, 2.75) is 11.5 Å². The zero-order valence-corrected chi connectivity index (χ0v) is 10.1. The van der Waals surface area contributed by atoms with Gasteiger partial charge in [0.2, 0.25) is 0 Å². The predicted molar refractivity (Wildman–Crippen MR) is 71.5 cm³/mol. The fourth-order valence-corrected chi connectivity index (χ4v) is 3.32. The summed E-state index contributed by atoms with van der Waals surface area (Å²) >= 11 is 0. The van der Waals surface area contributed by atoms with E-state index >= 15 is 0 Å². The number of hydrogen-bond acceptors (Lipinski definition) is 2. The van der Waals surface area contributed by atoms with Crippen LogP contribution in [0.25, 0.3) is 11.1 Å². The normalized spacial score (nSPS) is 20.1. The summed E-state index contributed by atoms with van der Waals surface area (Å²) in [6.45, 7) is 1.36. The molecule has 2 heteroatoms. The first kappa shape index (κ1) is 10.3. The van der Waals surface area contributed by atoms with Gasteiger partial charge in [-0.1, -0.05) is 48.5 Å². The predicted octanol–water partition coefficient (Wildman–Crippen LogP) is 2.13. The van der Waals surface area contributed by atoms with Crippen molar-refractivity contribution in [1.82, 2.24) is 5.32 Å². The molecule has 2 aromatic carbocycles. The second-order valence-corrected chi connectivity index (χ2v) is 5.31. The minimum Gasteiger partial charge on any atom is -0.386 e. The molecule has 18 heavy (non-hydrogen) atoms. The highest BCUT2D eigenvalue weighted by atomic mass is 16.3. The number of fused-ring (bicyclic) bond motifs is 3. The summed E-state index contributed by atoms with van der Waals surface area (Å²) in [5.41, 5.74) is 4.46. The maximum atomic E-state index is 10.7. The van der Waals surface area contributed by atoms with Crippen molar-refractivity contribution in [3.05, 3.63) is 59.7 Å². The number of benzene rings is 2. The molecular formula is C16H15NO. The Labute approximate surface area is 106 Å². The van der Waals surface area contributed by atoms with Crippen LogP contribution in [0.4, 0.5) is 0 Å². The van der Waals surface area contributed by atoms with Crippen LogP contribution in [0.1, 0.15) is 17.0 Å². The van der Waals surface area contributed by atoms with Crippen LogP contribution < -0.4 is 5.32 Å². The Kier molecular flexibility index (Phi) is 1.97. The van der Waals surface area contributed by atoms with Crippen molar-refractivity contribution in [2.75, 3.05) is 13.1 Å². The maximum absolute atomic E-state index is 10.7. The minimum absolute atomic E-state index is 0.117. The van der Waals surface area contributed by atoms with Gasteiger partial charge in [0, 0.05) is 19.0 Å². The van der Waals surface area contributed by atoms with E-state index in [0.717, 1.165) is 0 Å². The Hall–Kier alpha value is -1.64. The van der Waals surface area contributed by atoms with Crippen LogP contribution in [-0.4, -0.2) is 23.8 Å². The van der Waals surface area contributed by atoms with Crippen molar-refractivity contribution >= 4 is 0 Å². The Morgan fingerprint density at radius 2 is 1.39 bits per heavy atom. The summed E-state index contributed by atoms with van der Waals surface area (Å²) in [7, 11) is 0. The molecule has 0 amide bonds. The maximum Gasteiger partial charge on any atom is 0.100 e. The third-order valence-corrected chi connectivity index (χ3v) is 4.23. The van der Waals surface area contributed by atoms with Gasteiger partial charge in [0.15, 0.2) is 0 Å². The molecule has 0 aromatic heterocycles. The minimum atomic E-state index is -0.622. The summed E-state index contributed by atoms with van der Waals surface area (Å²) < 4.78 is 0. The SMILES string of the molecule is OC1(C2c3ccccc3-c3ccccc32)CNC1. The lowest BCUT2D eigenvalue weighted by Gasteiger charge is -2.43. The van der Waals surface area contributed by atoms with E-state index in [9.17, 15) is 5.11 Å². The molecular weight excluding hydrogens is 222 g/mol. The molecule has 2 aliphatic rings. The van der Waals surface area contributed by atoms with Crippen molar-refractivity contribution in [3.63, 3.8) is 0 Å². The molecule has 2 nitrogen and oxygen atoms in total. The largest absolute Gasteiger partial charge is 0.386 e. The van der Waals surface area contributed by atoms with Gasteiger partial charge in [-0.25, -0.2) is 0 Å². The zero-order valence-electron chi connectivity index (χ0n) is 10.1. The number of nitrogens with one attached hydrogen (secondary N) is 1. The van der Waals surface area contributed by atoms with E-state index in [-0.39, 0.29) is 5.92 Å². The van der Waals surface area contributed by atoms with Crippen molar-refractivity contribution < 1.29 is 5.11 Å². The Bertz CT molecular complexity index is 570. The molecule has 4 rings (SSSR count). The van der Waals surface area contributed by atoms with E-state index in [2.05, 4.69) is 53.8 Å². The number of aliphatic hydroxyl groups is 1. The van der Waals surface area contributed by atoms with Crippen molar-refractivity contribution in [3.8, 4) is 11.1 Å². The monoisotopic (exact) mass is 237 g/mol. The van der Waals surface area contributed by atoms with Gasteiger partial charge in [-0.15, -0.1) is 0 Å². The average Bonchev–Trinajstić information content (AvgIpc) is 2.71. The topological polar surface area (TPSA) is 32.3 Å². The molecule has 1 fully saturated rings. The van der Waals surface area contributed by atoms with Crippen LogP contribution in [0.2, 0.25) is 0 Å². The number of β-amino-alcohol motifs (C(OH)–C–C–N with tert-alkyl or cyclic N) is 1. The molecule has 0 saturated carbocycles. The first-order chi connectivity index (χ1) is 8.80. The smallest absolute Gasteiger partial charge is 0.100 e. The molecule has 0 bridgehead atoms. The summed E-state index contributed by atoms with van der Waals surface area (Å²) in [6, 6.07) is 16.9. The lowest BCUT2D eigenvalue weighted by molar-refractivity contribution is -0.0232. The molecule has 2 aromatic rings. The molecule has 90 valence electrons. The first-order valence-corrected chi connectivity index (χ1v) is 6.41.